The number of nitrogens with one attached hydrogen (secondary N) is 1. The molecule has 1 aromatic heterocycles. The summed E-state index contributed by atoms with van der Waals surface area (Å²) in [7, 11) is 1.55. The molecule has 8 nitrogen and oxygen atoms in total. The lowest BCUT2D eigenvalue weighted by atomic mass is 10.1. The number of rotatable bonds is 8. The highest BCUT2D eigenvalue weighted by molar-refractivity contribution is 7.89. The first-order valence-electron chi connectivity index (χ1n) is 8.12. The van der Waals surface area contributed by atoms with Gasteiger partial charge in [-0.25, -0.2) is 12.7 Å². The first-order valence-corrected chi connectivity index (χ1v) is 9.73. The van der Waals surface area contributed by atoms with Crippen molar-refractivity contribution < 1.29 is 17.9 Å². The van der Waals surface area contributed by atoms with Crippen LogP contribution in [-0.2, 0) is 26.1 Å². The Balaban J connectivity index is 1.84. The molecule has 0 radical (unpaired) electrons. The Hall–Kier alpha value is -1.55. The highest BCUT2D eigenvalue weighted by atomic mass is 32.2. The minimum Gasteiger partial charge on any atom is -0.379 e. The minimum atomic E-state index is -3.33. The van der Waals surface area contributed by atoms with Crippen molar-refractivity contribution in [3.8, 4) is 0 Å². The molecule has 1 fully saturated rings. The molecule has 0 saturated carbocycles. The third-order valence-electron chi connectivity index (χ3n) is 4.14. The topological polar surface area (TPSA) is 91.8 Å². The van der Waals surface area contributed by atoms with Crippen LogP contribution in [-0.4, -0.2) is 81.2 Å². The van der Waals surface area contributed by atoms with Gasteiger partial charge in [-0.1, -0.05) is 0 Å². The van der Waals surface area contributed by atoms with Crippen molar-refractivity contribution in [1.29, 1.82) is 0 Å². The van der Waals surface area contributed by atoms with Crippen LogP contribution in [0.2, 0.25) is 0 Å². The van der Waals surface area contributed by atoms with Gasteiger partial charge in [-0.2, -0.15) is 0 Å². The van der Waals surface area contributed by atoms with Crippen molar-refractivity contribution in [2.24, 2.45) is 5.92 Å². The summed E-state index contributed by atoms with van der Waals surface area (Å²) in [6, 6.07) is 3.53. The number of hydrogen-bond donors (Lipinski definition) is 1. The zero-order valence-corrected chi connectivity index (χ0v) is 15.7. The van der Waals surface area contributed by atoms with Gasteiger partial charge in [-0.05, 0) is 24.7 Å². The van der Waals surface area contributed by atoms with Crippen molar-refractivity contribution in [1.82, 2.24) is 19.5 Å². The Kier molecular flexibility index (Phi) is 6.88. The molecule has 25 heavy (non-hydrogen) atoms. The van der Waals surface area contributed by atoms with E-state index >= 15 is 0 Å². The summed E-state index contributed by atoms with van der Waals surface area (Å²) in [5.41, 5.74) is 1.07. The smallest absolute Gasteiger partial charge is 0.234 e. The number of carbonyl (C=O) groups is 1. The molecule has 1 amide bonds. The fourth-order valence-corrected chi connectivity index (χ4v) is 3.86. The molecular weight excluding hydrogens is 344 g/mol. The SMILES string of the molecule is CN(CC(=O)N[C@H]1COC[C@H]1CS(=O)(=O)N(C)C)Cc1ccncc1. The summed E-state index contributed by atoms with van der Waals surface area (Å²) < 4.78 is 30.7. The summed E-state index contributed by atoms with van der Waals surface area (Å²) in [6.07, 6.45) is 3.43. The number of aromatic nitrogens is 1. The molecule has 1 N–H and O–H groups in total. The van der Waals surface area contributed by atoms with Crippen molar-refractivity contribution in [3.05, 3.63) is 30.1 Å². The van der Waals surface area contributed by atoms with E-state index in [9.17, 15) is 13.2 Å². The van der Waals surface area contributed by atoms with Crippen molar-refractivity contribution in [3.63, 3.8) is 0 Å². The maximum Gasteiger partial charge on any atom is 0.234 e. The Labute approximate surface area is 149 Å². The fraction of sp³-hybridized carbons (Fsp3) is 0.625. The number of carbonyl (C=O) groups excluding carboxylic acids is 1. The maximum absolute atomic E-state index is 12.3. The van der Waals surface area contributed by atoms with Gasteiger partial charge in [-0.3, -0.25) is 14.7 Å². The van der Waals surface area contributed by atoms with Crippen LogP contribution in [0, 0.1) is 5.92 Å². The quantitative estimate of drug-likeness (QED) is 0.666. The first kappa shape index (κ1) is 19.8. The molecule has 9 heteroatoms. The highest BCUT2D eigenvalue weighted by Gasteiger charge is 2.34. The van der Waals surface area contributed by atoms with Gasteiger partial charge in [0.25, 0.3) is 0 Å². The zero-order chi connectivity index (χ0) is 18.4. The second kappa shape index (κ2) is 8.70. The Morgan fingerprint density at radius 2 is 1.96 bits per heavy atom. The van der Waals surface area contributed by atoms with Crippen LogP contribution in [0.4, 0.5) is 0 Å². The summed E-state index contributed by atoms with van der Waals surface area (Å²) >= 11 is 0. The number of nitrogens with zero attached hydrogens (tertiary/aromatic N) is 3. The van der Waals surface area contributed by atoms with E-state index in [1.807, 2.05) is 24.1 Å². The summed E-state index contributed by atoms with van der Waals surface area (Å²) in [5, 5.41) is 2.91. The van der Waals surface area contributed by atoms with Crippen LogP contribution in [0.5, 0.6) is 0 Å². The average Bonchev–Trinajstić information content (AvgIpc) is 2.94. The fourth-order valence-electron chi connectivity index (χ4n) is 2.70. The molecule has 0 aliphatic carbocycles. The van der Waals surface area contributed by atoms with E-state index in [-0.39, 0.29) is 30.2 Å². The van der Waals surface area contributed by atoms with Crippen LogP contribution in [0.25, 0.3) is 0 Å². The van der Waals surface area contributed by atoms with Gasteiger partial charge in [0.15, 0.2) is 0 Å². The standard InChI is InChI=1S/C16H26N4O4S/c1-19(2)25(22,23)12-14-10-24-11-15(14)18-16(21)9-20(3)8-13-4-6-17-7-5-13/h4-7,14-15H,8-12H2,1-3H3,(H,18,21)/t14-,15-/m0/s1. The second-order valence-electron chi connectivity index (χ2n) is 6.56. The van der Waals surface area contributed by atoms with Crippen molar-refractivity contribution in [2.75, 3.05) is 46.7 Å². The molecule has 1 aromatic rings. The van der Waals surface area contributed by atoms with E-state index in [2.05, 4.69) is 10.3 Å². The van der Waals surface area contributed by atoms with Crippen LogP contribution < -0.4 is 5.32 Å². The highest BCUT2D eigenvalue weighted by Crippen LogP contribution is 2.17. The molecule has 140 valence electrons. The maximum atomic E-state index is 12.3. The van der Waals surface area contributed by atoms with Gasteiger partial charge in [0.2, 0.25) is 15.9 Å². The van der Waals surface area contributed by atoms with Gasteiger partial charge in [0, 0.05) is 39.0 Å². The molecule has 0 bridgehead atoms. The molecular formula is C16H26N4O4S. The molecule has 0 spiro atoms. The van der Waals surface area contributed by atoms with E-state index in [4.69, 9.17) is 4.74 Å². The van der Waals surface area contributed by atoms with Gasteiger partial charge in [0.1, 0.15) is 0 Å². The normalized spacial score (nSPS) is 21.0. The van der Waals surface area contributed by atoms with Gasteiger partial charge >= 0.3 is 0 Å². The molecule has 0 unspecified atom stereocenters. The van der Waals surface area contributed by atoms with Crippen LogP contribution in [0.1, 0.15) is 5.56 Å². The Morgan fingerprint density at radius 3 is 2.60 bits per heavy atom. The van der Waals surface area contributed by atoms with Crippen LogP contribution in [0.15, 0.2) is 24.5 Å². The number of hydrogen-bond acceptors (Lipinski definition) is 6. The largest absolute Gasteiger partial charge is 0.379 e. The third kappa shape index (κ3) is 6.03. The lowest BCUT2D eigenvalue weighted by Crippen LogP contribution is -2.46. The molecule has 2 atom stereocenters. The predicted molar refractivity (Wildman–Crippen MR) is 94.3 cm³/mol. The number of likely N-dealkylation sites (N-methyl/N-ethyl adjacent to an activating group) is 1. The van der Waals surface area contributed by atoms with E-state index in [0.29, 0.717) is 19.8 Å². The molecule has 2 heterocycles. The van der Waals surface area contributed by atoms with Gasteiger partial charge < -0.3 is 10.1 Å². The lowest BCUT2D eigenvalue weighted by Gasteiger charge is -2.22. The van der Waals surface area contributed by atoms with Gasteiger partial charge in [0.05, 0.1) is 31.6 Å². The van der Waals surface area contributed by atoms with E-state index < -0.39 is 10.0 Å². The zero-order valence-electron chi connectivity index (χ0n) is 14.9. The molecule has 1 aliphatic rings. The van der Waals surface area contributed by atoms with Crippen molar-refractivity contribution >= 4 is 15.9 Å². The average molecular weight is 370 g/mol. The van der Waals surface area contributed by atoms with Gasteiger partial charge in [-0.15, -0.1) is 0 Å². The van der Waals surface area contributed by atoms with Crippen LogP contribution in [0.3, 0.4) is 0 Å². The van der Waals surface area contributed by atoms with E-state index in [1.165, 1.54) is 18.4 Å². The lowest BCUT2D eigenvalue weighted by molar-refractivity contribution is -0.123. The second-order valence-corrected chi connectivity index (χ2v) is 8.79. The molecule has 1 aliphatic heterocycles. The first-order chi connectivity index (χ1) is 11.8. The minimum absolute atomic E-state index is 0.0300. The van der Waals surface area contributed by atoms with E-state index in [1.54, 1.807) is 12.4 Å². The number of ether oxygens (including phenoxy) is 1. The third-order valence-corrected chi connectivity index (χ3v) is 6.10. The number of pyridine rings is 1. The predicted octanol–water partition coefficient (Wildman–Crippen LogP) is -0.464. The number of amides is 1. The number of sulfonamides is 1. The van der Waals surface area contributed by atoms with Crippen molar-refractivity contribution in [2.45, 2.75) is 12.6 Å². The van der Waals surface area contributed by atoms with E-state index in [0.717, 1.165) is 5.56 Å². The van der Waals surface area contributed by atoms with Crippen LogP contribution >= 0.6 is 0 Å². The summed E-state index contributed by atoms with van der Waals surface area (Å²) in [4.78, 5) is 18.1. The Bertz CT molecular complexity index is 666. The Morgan fingerprint density at radius 1 is 1.28 bits per heavy atom. The summed E-state index contributed by atoms with van der Waals surface area (Å²) in [5.74, 6) is -0.404. The monoisotopic (exact) mass is 370 g/mol. The molecule has 1 saturated heterocycles. The summed E-state index contributed by atoms with van der Waals surface area (Å²) in [6.45, 7) is 1.54. The molecule has 2 rings (SSSR count). The molecule has 0 aromatic carbocycles.